The molecule has 0 aromatic carbocycles. The van der Waals surface area contributed by atoms with Gasteiger partial charge in [-0.15, -0.1) is 0 Å². The zero-order valence-electron chi connectivity index (χ0n) is 11.8. The van der Waals surface area contributed by atoms with E-state index in [0.29, 0.717) is 26.2 Å². The molecular formula is C13H23NO5. The first-order chi connectivity index (χ1) is 8.78. The Morgan fingerprint density at radius 2 is 2.05 bits per heavy atom. The van der Waals surface area contributed by atoms with Crippen molar-refractivity contribution in [2.24, 2.45) is 11.8 Å². The molecule has 1 aliphatic heterocycles. The zero-order valence-corrected chi connectivity index (χ0v) is 11.8. The lowest BCUT2D eigenvalue weighted by atomic mass is 9.86. The summed E-state index contributed by atoms with van der Waals surface area (Å²) in [6, 6.07) is 0. The van der Waals surface area contributed by atoms with E-state index >= 15 is 0 Å². The molecule has 2 atom stereocenters. The van der Waals surface area contributed by atoms with E-state index in [2.05, 4.69) is 5.32 Å². The predicted molar refractivity (Wildman–Crippen MR) is 68.9 cm³/mol. The summed E-state index contributed by atoms with van der Waals surface area (Å²) in [6.45, 7) is 6.83. The van der Waals surface area contributed by atoms with Gasteiger partial charge in [0.05, 0.1) is 6.61 Å². The van der Waals surface area contributed by atoms with Crippen molar-refractivity contribution < 1.29 is 24.2 Å². The molecule has 0 radical (unpaired) electrons. The minimum absolute atomic E-state index is 0.0253. The number of amides is 1. The van der Waals surface area contributed by atoms with Crippen LogP contribution in [0.1, 0.15) is 33.6 Å². The van der Waals surface area contributed by atoms with Crippen molar-refractivity contribution in [3.8, 4) is 0 Å². The second-order valence-electron chi connectivity index (χ2n) is 5.86. The number of hydrogen-bond donors (Lipinski definition) is 2. The normalized spacial score (nSPS) is 23.7. The van der Waals surface area contributed by atoms with Crippen molar-refractivity contribution in [3.63, 3.8) is 0 Å². The fraction of sp³-hybridized carbons (Fsp3) is 0.846. The molecule has 2 unspecified atom stereocenters. The van der Waals surface area contributed by atoms with Crippen LogP contribution in [0.25, 0.3) is 0 Å². The number of rotatable bonds is 4. The van der Waals surface area contributed by atoms with E-state index in [1.807, 2.05) is 0 Å². The highest BCUT2D eigenvalue weighted by molar-refractivity contribution is 5.68. The van der Waals surface area contributed by atoms with E-state index in [0.717, 1.165) is 0 Å². The van der Waals surface area contributed by atoms with Gasteiger partial charge in [0, 0.05) is 25.5 Å². The predicted octanol–water partition coefficient (Wildman–Crippen LogP) is 1.64. The van der Waals surface area contributed by atoms with E-state index in [1.165, 1.54) is 0 Å². The van der Waals surface area contributed by atoms with Crippen LogP contribution in [0.15, 0.2) is 0 Å². The summed E-state index contributed by atoms with van der Waals surface area (Å²) in [6.07, 6.45) is 0.351. The Bertz CT molecular complexity index is 323. The second-order valence-corrected chi connectivity index (χ2v) is 5.86. The maximum atomic E-state index is 11.5. The summed E-state index contributed by atoms with van der Waals surface area (Å²) in [4.78, 5) is 22.3. The lowest BCUT2D eigenvalue weighted by Gasteiger charge is -2.31. The Morgan fingerprint density at radius 1 is 1.37 bits per heavy atom. The minimum atomic E-state index is -0.811. The molecule has 2 N–H and O–H groups in total. The van der Waals surface area contributed by atoms with Gasteiger partial charge in [0.2, 0.25) is 0 Å². The molecule has 0 aliphatic carbocycles. The first kappa shape index (κ1) is 15.8. The van der Waals surface area contributed by atoms with E-state index in [1.54, 1.807) is 20.8 Å². The van der Waals surface area contributed by atoms with Gasteiger partial charge in [-0.2, -0.15) is 0 Å². The van der Waals surface area contributed by atoms with Crippen molar-refractivity contribution in [1.29, 1.82) is 0 Å². The molecular weight excluding hydrogens is 250 g/mol. The number of carbonyl (C=O) groups is 2. The molecule has 110 valence electrons. The van der Waals surface area contributed by atoms with Gasteiger partial charge in [-0.3, -0.25) is 4.79 Å². The number of ether oxygens (including phenoxy) is 2. The van der Waals surface area contributed by atoms with Gasteiger partial charge < -0.3 is 19.9 Å². The van der Waals surface area contributed by atoms with Crippen molar-refractivity contribution in [2.45, 2.75) is 39.2 Å². The highest BCUT2D eigenvalue weighted by Crippen LogP contribution is 2.24. The topological polar surface area (TPSA) is 84.9 Å². The molecule has 1 fully saturated rings. The fourth-order valence-electron chi connectivity index (χ4n) is 2.09. The molecule has 0 saturated carbocycles. The molecule has 0 aromatic heterocycles. The SMILES string of the molecule is CC(C)(C)OC(=O)NCC1COCCC1CC(=O)O. The van der Waals surface area contributed by atoms with Gasteiger partial charge in [0.15, 0.2) is 0 Å². The van der Waals surface area contributed by atoms with Gasteiger partial charge in [-0.1, -0.05) is 0 Å². The molecule has 1 saturated heterocycles. The maximum Gasteiger partial charge on any atom is 0.407 e. The average Bonchev–Trinajstić information content (AvgIpc) is 2.24. The monoisotopic (exact) mass is 273 g/mol. The number of carboxylic acid groups (broad SMARTS) is 1. The van der Waals surface area contributed by atoms with Crippen LogP contribution in [0.3, 0.4) is 0 Å². The van der Waals surface area contributed by atoms with Gasteiger partial charge in [-0.05, 0) is 33.1 Å². The molecule has 0 spiro atoms. The fourth-order valence-corrected chi connectivity index (χ4v) is 2.09. The van der Waals surface area contributed by atoms with Crippen molar-refractivity contribution in [3.05, 3.63) is 0 Å². The van der Waals surface area contributed by atoms with Gasteiger partial charge in [-0.25, -0.2) is 4.79 Å². The van der Waals surface area contributed by atoms with Gasteiger partial charge >= 0.3 is 12.1 Å². The number of carbonyl (C=O) groups excluding carboxylic acids is 1. The Kier molecular flexibility index (Phi) is 5.60. The molecule has 1 amide bonds. The number of hydrogen-bond acceptors (Lipinski definition) is 4. The highest BCUT2D eigenvalue weighted by Gasteiger charge is 2.28. The molecule has 19 heavy (non-hydrogen) atoms. The first-order valence-electron chi connectivity index (χ1n) is 6.54. The smallest absolute Gasteiger partial charge is 0.407 e. The van der Waals surface area contributed by atoms with Crippen LogP contribution in [-0.4, -0.2) is 42.5 Å². The zero-order chi connectivity index (χ0) is 14.5. The molecule has 1 aliphatic rings. The average molecular weight is 273 g/mol. The van der Waals surface area contributed by atoms with Crippen LogP contribution in [0.5, 0.6) is 0 Å². The molecule has 0 aromatic rings. The van der Waals surface area contributed by atoms with Gasteiger partial charge in [0.25, 0.3) is 0 Å². The van der Waals surface area contributed by atoms with E-state index in [4.69, 9.17) is 14.6 Å². The summed E-state index contributed by atoms with van der Waals surface area (Å²) >= 11 is 0. The van der Waals surface area contributed by atoms with Crippen LogP contribution in [-0.2, 0) is 14.3 Å². The van der Waals surface area contributed by atoms with Crippen LogP contribution >= 0.6 is 0 Å². The third-order valence-electron chi connectivity index (χ3n) is 2.98. The van der Waals surface area contributed by atoms with E-state index in [-0.39, 0.29) is 18.3 Å². The summed E-state index contributed by atoms with van der Waals surface area (Å²) in [7, 11) is 0. The Balaban J connectivity index is 2.40. The summed E-state index contributed by atoms with van der Waals surface area (Å²) in [5.74, 6) is -0.743. The van der Waals surface area contributed by atoms with Crippen LogP contribution < -0.4 is 5.32 Å². The lowest BCUT2D eigenvalue weighted by Crippen LogP contribution is -2.40. The number of carboxylic acids is 1. The largest absolute Gasteiger partial charge is 0.481 e. The van der Waals surface area contributed by atoms with Crippen LogP contribution in [0.2, 0.25) is 0 Å². The number of nitrogens with one attached hydrogen (secondary N) is 1. The maximum absolute atomic E-state index is 11.5. The minimum Gasteiger partial charge on any atom is -0.481 e. The lowest BCUT2D eigenvalue weighted by molar-refractivity contribution is -0.139. The van der Waals surface area contributed by atoms with Gasteiger partial charge in [0.1, 0.15) is 5.60 Å². The summed E-state index contributed by atoms with van der Waals surface area (Å²) in [5, 5.41) is 11.5. The van der Waals surface area contributed by atoms with E-state index in [9.17, 15) is 9.59 Å². The first-order valence-corrected chi connectivity index (χ1v) is 6.54. The summed E-state index contributed by atoms with van der Waals surface area (Å²) < 4.78 is 10.5. The van der Waals surface area contributed by atoms with Crippen molar-refractivity contribution in [2.75, 3.05) is 19.8 Å². The van der Waals surface area contributed by atoms with Crippen LogP contribution in [0.4, 0.5) is 4.79 Å². The van der Waals surface area contributed by atoms with E-state index < -0.39 is 17.7 Å². The Morgan fingerprint density at radius 3 is 2.63 bits per heavy atom. The van der Waals surface area contributed by atoms with Crippen molar-refractivity contribution >= 4 is 12.1 Å². The Hall–Kier alpha value is -1.30. The third-order valence-corrected chi connectivity index (χ3v) is 2.98. The highest BCUT2D eigenvalue weighted by atomic mass is 16.6. The molecule has 6 nitrogen and oxygen atoms in total. The number of aliphatic carboxylic acids is 1. The summed E-state index contributed by atoms with van der Waals surface area (Å²) in [5.41, 5.74) is -0.534. The Labute approximate surface area is 113 Å². The van der Waals surface area contributed by atoms with Crippen LogP contribution in [0, 0.1) is 11.8 Å². The number of alkyl carbamates (subject to hydrolysis) is 1. The standard InChI is InChI=1S/C13H23NO5/c1-13(2,3)19-12(17)14-7-10-8-18-5-4-9(10)6-11(15)16/h9-10H,4-8H2,1-3H3,(H,14,17)(H,15,16). The van der Waals surface area contributed by atoms with Crippen molar-refractivity contribution in [1.82, 2.24) is 5.32 Å². The third kappa shape index (κ3) is 6.42. The molecule has 6 heteroatoms. The molecule has 1 heterocycles. The molecule has 0 bridgehead atoms. The molecule has 1 rings (SSSR count). The second kappa shape index (κ2) is 6.75. The quantitative estimate of drug-likeness (QED) is 0.813.